The van der Waals surface area contributed by atoms with Crippen LogP contribution >= 0.6 is 34.5 Å². The van der Waals surface area contributed by atoms with Gasteiger partial charge in [-0.05, 0) is 31.0 Å². The van der Waals surface area contributed by atoms with E-state index in [-0.39, 0.29) is 5.91 Å². The fourth-order valence-corrected chi connectivity index (χ4v) is 2.80. The summed E-state index contributed by atoms with van der Waals surface area (Å²) < 4.78 is 0. The van der Waals surface area contributed by atoms with Crippen LogP contribution in [0, 0.1) is 0 Å². The van der Waals surface area contributed by atoms with Crippen molar-refractivity contribution in [3.05, 3.63) is 44.9 Å². The second-order valence-electron chi connectivity index (χ2n) is 4.43. The normalized spacial score (nSPS) is 14.4. The molecule has 0 radical (unpaired) electrons. The van der Waals surface area contributed by atoms with E-state index in [1.165, 1.54) is 24.2 Å². The highest BCUT2D eigenvalue weighted by atomic mass is 35.5. The van der Waals surface area contributed by atoms with Crippen molar-refractivity contribution < 1.29 is 4.79 Å². The van der Waals surface area contributed by atoms with Crippen LogP contribution in [0.3, 0.4) is 0 Å². The van der Waals surface area contributed by atoms with E-state index in [1.54, 1.807) is 18.2 Å². The van der Waals surface area contributed by atoms with Gasteiger partial charge in [-0.15, -0.1) is 11.3 Å². The minimum atomic E-state index is -0.227. The Bertz CT molecular complexity index is 637. The third kappa shape index (κ3) is 2.91. The van der Waals surface area contributed by atoms with Crippen molar-refractivity contribution in [1.29, 1.82) is 0 Å². The molecule has 1 N–H and O–H groups in total. The average molecular weight is 313 g/mol. The van der Waals surface area contributed by atoms with Crippen LogP contribution in [-0.4, -0.2) is 10.9 Å². The van der Waals surface area contributed by atoms with Crippen molar-refractivity contribution in [3.8, 4) is 0 Å². The number of anilines is 1. The van der Waals surface area contributed by atoms with Gasteiger partial charge in [-0.25, -0.2) is 4.98 Å². The number of carbonyl (C=O) groups is 1. The summed E-state index contributed by atoms with van der Waals surface area (Å²) in [5, 5.41) is 6.20. The average Bonchev–Trinajstić information content (AvgIpc) is 3.14. The molecule has 0 unspecified atom stereocenters. The molecule has 6 heteroatoms. The zero-order chi connectivity index (χ0) is 13.4. The predicted octanol–water partition coefficient (Wildman–Crippen LogP) is 4.58. The lowest BCUT2D eigenvalue weighted by Crippen LogP contribution is -2.11. The molecule has 1 heterocycles. The number of nitrogens with one attached hydrogen (secondary N) is 1. The molecule has 19 heavy (non-hydrogen) atoms. The van der Waals surface area contributed by atoms with Crippen LogP contribution < -0.4 is 5.32 Å². The summed E-state index contributed by atoms with van der Waals surface area (Å²) in [7, 11) is 0. The zero-order valence-corrected chi connectivity index (χ0v) is 12.1. The van der Waals surface area contributed by atoms with Gasteiger partial charge in [0.1, 0.15) is 0 Å². The van der Waals surface area contributed by atoms with E-state index in [0.29, 0.717) is 26.7 Å². The van der Waals surface area contributed by atoms with Gasteiger partial charge in [0.2, 0.25) is 0 Å². The van der Waals surface area contributed by atoms with Crippen LogP contribution in [0.5, 0.6) is 0 Å². The van der Waals surface area contributed by atoms with Gasteiger partial charge in [0.05, 0.1) is 15.7 Å². The Morgan fingerprint density at radius 1 is 1.32 bits per heavy atom. The van der Waals surface area contributed by atoms with Crippen LogP contribution in [0.4, 0.5) is 5.13 Å². The molecule has 3 nitrogen and oxygen atoms in total. The number of carbonyl (C=O) groups excluding carboxylic acids is 1. The van der Waals surface area contributed by atoms with Crippen LogP contribution in [0.1, 0.15) is 34.8 Å². The van der Waals surface area contributed by atoms with Crippen LogP contribution in [0.25, 0.3) is 0 Å². The Balaban J connectivity index is 1.74. The summed E-state index contributed by atoms with van der Waals surface area (Å²) in [5.74, 6) is 0.363. The summed E-state index contributed by atoms with van der Waals surface area (Å²) in [5.41, 5.74) is 1.55. The van der Waals surface area contributed by atoms with E-state index in [9.17, 15) is 4.79 Å². The maximum atomic E-state index is 12.0. The quantitative estimate of drug-likeness (QED) is 0.901. The minimum Gasteiger partial charge on any atom is -0.298 e. The Morgan fingerprint density at radius 3 is 2.79 bits per heavy atom. The van der Waals surface area contributed by atoms with Gasteiger partial charge in [0.25, 0.3) is 5.91 Å². The van der Waals surface area contributed by atoms with Crippen molar-refractivity contribution >= 4 is 45.6 Å². The van der Waals surface area contributed by atoms with Crippen molar-refractivity contribution in [3.63, 3.8) is 0 Å². The number of benzene rings is 1. The molecule has 3 rings (SSSR count). The van der Waals surface area contributed by atoms with Gasteiger partial charge in [0.15, 0.2) is 5.13 Å². The zero-order valence-electron chi connectivity index (χ0n) is 9.82. The lowest BCUT2D eigenvalue weighted by molar-refractivity contribution is 0.102. The maximum Gasteiger partial charge on any atom is 0.257 e. The van der Waals surface area contributed by atoms with Gasteiger partial charge < -0.3 is 0 Å². The first kappa shape index (κ1) is 12.9. The molecule has 0 atom stereocenters. The number of halogens is 2. The van der Waals surface area contributed by atoms with Crippen molar-refractivity contribution in [1.82, 2.24) is 4.98 Å². The Hall–Kier alpha value is -1.10. The lowest BCUT2D eigenvalue weighted by atomic mass is 10.2. The Morgan fingerprint density at radius 2 is 2.11 bits per heavy atom. The molecule has 1 fully saturated rings. The first-order valence-corrected chi connectivity index (χ1v) is 7.49. The third-order valence-corrected chi connectivity index (χ3v) is 4.43. The smallest absolute Gasteiger partial charge is 0.257 e. The van der Waals surface area contributed by atoms with Crippen molar-refractivity contribution in [2.75, 3.05) is 5.32 Å². The molecule has 1 saturated carbocycles. The number of hydrogen-bond acceptors (Lipinski definition) is 3. The van der Waals surface area contributed by atoms with Crippen LogP contribution in [0.15, 0.2) is 23.6 Å². The molecule has 1 aromatic carbocycles. The molecule has 1 amide bonds. The van der Waals surface area contributed by atoms with Gasteiger partial charge in [-0.2, -0.15) is 0 Å². The van der Waals surface area contributed by atoms with E-state index in [2.05, 4.69) is 10.3 Å². The SMILES string of the molecule is O=C(Nc1nc(C2CC2)cs1)c1ccc(Cl)c(Cl)c1. The summed E-state index contributed by atoms with van der Waals surface area (Å²) in [6, 6.07) is 4.80. The molecular formula is C13H10Cl2N2OS. The molecule has 1 aromatic heterocycles. The summed E-state index contributed by atoms with van der Waals surface area (Å²) >= 11 is 13.2. The lowest BCUT2D eigenvalue weighted by Gasteiger charge is -2.03. The summed E-state index contributed by atoms with van der Waals surface area (Å²) in [6.45, 7) is 0. The van der Waals surface area contributed by atoms with E-state index in [4.69, 9.17) is 23.2 Å². The van der Waals surface area contributed by atoms with Gasteiger partial charge in [-0.1, -0.05) is 23.2 Å². The molecule has 98 valence electrons. The van der Waals surface area contributed by atoms with Gasteiger partial charge in [0, 0.05) is 16.9 Å². The monoisotopic (exact) mass is 312 g/mol. The fraction of sp³-hybridized carbons (Fsp3) is 0.231. The highest BCUT2D eigenvalue weighted by Crippen LogP contribution is 2.40. The fourth-order valence-electron chi connectivity index (χ4n) is 1.72. The number of aromatic nitrogens is 1. The first-order chi connectivity index (χ1) is 9.13. The number of rotatable bonds is 3. The van der Waals surface area contributed by atoms with E-state index in [1.807, 2.05) is 5.38 Å². The van der Waals surface area contributed by atoms with Crippen molar-refractivity contribution in [2.24, 2.45) is 0 Å². The molecule has 1 aliphatic carbocycles. The van der Waals surface area contributed by atoms with Crippen LogP contribution in [0.2, 0.25) is 10.0 Å². The highest BCUT2D eigenvalue weighted by molar-refractivity contribution is 7.14. The Kier molecular flexibility index (Phi) is 3.48. The van der Waals surface area contributed by atoms with E-state index >= 15 is 0 Å². The summed E-state index contributed by atoms with van der Waals surface area (Å²) in [6.07, 6.45) is 2.40. The summed E-state index contributed by atoms with van der Waals surface area (Å²) in [4.78, 5) is 16.4. The molecule has 0 bridgehead atoms. The third-order valence-electron chi connectivity index (χ3n) is 2.92. The largest absolute Gasteiger partial charge is 0.298 e. The molecule has 0 saturated heterocycles. The Labute approximate surface area is 124 Å². The second kappa shape index (κ2) is 5.12. The predicted molar refractivity (Wildman–Crippen MR) is 78.5 cm³/mol. The molecule has 2 aromatic rings. The van der Waals surface area contributed by atoms with Crippen molar-refractivity contribution in [2.45, 2.75) is 18.8 Å². The van der Waals surface area contributed by atoms with E-state index < -0.39 is 0 Å². The van der Waals surface area contributed by atoms with E-state index in [0.717, 1.165) is 5.69 Å². The number of amides is 1. The molecule has 0 spiro atoms. The highest BCUT2D eigenvalue weighted by Gasteiger charge is 2.26. The van der Waals surface area contributed by atoms with Gasteiger partial charge >= 0.3 is 0 Å². The molecular weight excluding hydrogens is 303 g/mol. The topological polar surface area (TPSA) is 42.0 Å². The minimum absolute atomic E-state index is 0.227. The number of thiazole rings is 1. The number of hydrogen-bond donors (Lipinski definition) is 1. The molecule has 0 aliphatic heterocycles. The number of nitrogens with zero attached hydrogens (tertiary/aromatic N) is 1. The second-order valence-corrected chi connectivity index (χ2v) is 6.11. The first-order valence-electron chi connectivity index (χ1n) is 5.85. The van der Waals surface area contributed by atoms with Crippen LogP contribution in [-0.2, 0) is 0 Å². The molecule has 1 aliphatic rings. The standard InChI is InChI=1S/C13H10Cl2N2OS/c14-9-4-3-8(5-10(9)15)12(18)17-13-16-11(6-19-13)7-1-2-7/h3-7H,1-2H2,(H,16,17,18). The maximum absolute atomic E-state index is 12.0. The van der Waals surface area contributed by atoms with Gasteiger partial charge in [-0.3, -0.25) is 10.1 Å².